The molecule has 0 spiro atoms. The average molecular weight is 336 g/mol. The summed E-state index contributed by atoms with van der Waals surface area (Å²) < 4.78 is 6.35. The van der Waals surface area contributed by atoms with Crippen LogP contribution in [0.1, 0.15) is 32.8 Å². The van der Waals surface area contributed by atoms with Crippen molar-refractivity contribution in [3.63, 3.8) is 0 Å². The van der Waals surface area contributed by atoms with Crippen LogP contribution in [0.3, 0.4) is 0 Å². The number of aliphatic hydroxyl groups is 1. The molecular weight excluding hydrogens is 302 g/mol. The monoisotopic (exact) mass is 335 g/mol. The summed E-state index contributed by atoms with van der Waals surface area (Å²) in [5.74, 6) is 0.224. The Hall–Kier alpha value is -0.683. The zero-order chi connectivity index (χ0) is 17.1. The molecule has 0 aromatic heterocycles. The topological polar surface area (TPSA) is 32.7 Å². The number of likely N-dealkylation sites (tertiary alicyclic amines) is 1. The van der Waals surface area contributed by atoms with Gasteiger partial charge in [0.05, 0.1) is 6.10 Å². The van der Waals surface area contributed by atoms with Crippen LogP contribution in [0.2, 0.25) is 18.1 Å². The van der Waals surface area contributed by atoms with Crippen LogP contribution in [-0.4, -0.2) is 44.1 Å². The largest absolute Gasteiger partial charge is 0.416 e. The van der Waals surface area contributed by atoms with Gasteiger partial charge in [0.15, 0.2) is 8.32 Å². The number of benzene rings is 1. The molecule has 4 heteroatoms. The predicted octanol–water partition coefficient (Wildman–Crippen LogP) is 3.89. The van der Waals surface area contributed by atoms with Crippen molar-refractivity contribution in [2.75, 3.05) is 19.7 Å². The highest BCUT2D eigenvalue weighted by atomic mass is 28.4. The first-order valence-electron chi connectivity index (χ1n) is 8.77. The van der Waals surface area contributed by atoms with Gasteiger partial charge in [0.25, 0.3) is 0 Å². The summed E-state index contributed by atoms with van der Waals surface area (Å²) in [4.78, 5) is 2.45. The molecule has 0 unspecified atom stereocenters. The molecule has 2 atom stereocenters. The van der Waals surface area contributed by atoms with E-state index >= 15 is 0 Å². The third-order valence-electron chi connectivity index (χ3n) is 5.49. The van der Waals surface area contributed by atoms with Gasteiger partial charge in [-0.1, -0.05) is 51.1 Å². The highest BCUT2D eigenvalue weighted by Gasteiger charge is 2.38. The Morgan fingerprint density at radius 2 is 1.87 bits per heavy atom. The molecule has 1 aliphatic heterocycles. The van der Waals surface area contributed by atoms with Crippen molar-refractivity contribution in [1.82, 2.24) is 4.90 Å². The van der Waals surface area contributed by atoms with E-state index in [1.807, 2.05) is 0 Å². The van der Waals surface area contributed by atoms with Crippen molar-refractivity contribution < 1.29 is 9.53 Å². The van der Waals surface area contributed by atoms with Crippen LogP contribution in [0, 0.1) is 5.92 Å². The number of nitrogens with zero attached hydrogens (tertiary/aromatic N) is 1. The van der Waals surface area contributed by atoms with Crippen LogP contribution in [0.15, 0.2) is 30.3 Å². The maximum absolute atomic E-state index is 10.4. The van der Waals surface area contributed by atoms with Crippen LogP contribution in [-0.2, 0) is 11.0 Å². The Bertz CT molecular complexity index is 484. The minimum atomic E-state index is -1.74. The second-order valence-electron chi connectivity index (χ2n) is 8.41. The molecule has 1 saturated heterocycles. The Labute approximate surface area is 142 Å². The molecule has 23 heavy (non-hydrogen) atoms. The fourth-order valence-electron chi connectivity index (χ4n) is 2.78. The van der Waals surface area contributed by atoms with E-state index in [0.29, 0.717) is 6.61 Å². The zero-order valence-corrected chi connectivity index (χ0v) is 16.4. The van der Waals surface area contributed by atoms with Crippen molar-refractivity contribution in [2.45, 2.75) is 58.0 Å². The van der Waals surface area contributed by atoms with Gasteiger partial charge in [0, 0.05) is 32.2 Å². The molecule has 0 bridgehead atoms. The van der Waals surface area contributed by atoms with Gasteiger partial charge in [-0.15, -0.1) is 0 Å². The Morgan fingerprint density at radius 1 is 1.22 bits per heavy atom. The van der Waals surface area contributed by atoms with E-state index < -0.39 is 8.32 Å². The lowest BCUT2D eigenvalue weighted by Gasteiger charge is -2.40. The summed E-state index contributed by atoms with van der Waals surface area (Å²) >= 11 is 0. The van der Waals surface area contributed by atoms with Crippen LogP contribution in [0.25, 0.3) is 0 Å². The summed E-state index contributed by atoms with van der Waals surface area (Å²) in [7, 11) is -1.74. The van der Waals surface area contributed by atoms with Crippen molar-refractivity contribution in [3.05, 3.63) is 35.9 Å². The van der Waals surface area contributed by atoms with E-state index in [1.54, 1.807) is 0 Å². The minimum absolute atomic E-state index is 0.219. The first-order chi connectivity index (χ1) is 10.7. The highest BCUT2D eigenvalue weighted by molar-refractivity contribution is 6.74. The van der Waals surface area contributed by atoms with Gasteiger partial charge < -0.3 is 9.53 Å². The van der Waals surface area contributed by atoms with Gasteiger partial charge in [0.1, 0.15) is 0 Å². The number of hydrogen-bond donors (Lipinski definition) is 1. The zero-order valence-electron chi connectivity index (χ0n) is 15.4. The summed E-state index contributed by atoms with van der Waals surface area (Å²) in [6.07, 6.45) is 0.616. The van der Waals surface area contributed by atoms with E-state index in [2.05, 4.69) is 69.1 Å². The van der Waals surface area contributed by atoms with Crippen LogP contribution >= 0.6 is 0 Å². The molecule has 0 amide bonds. The van der Waals surface area contributed by atoms with Gasteiger partial charge in [-0.05, 0) is 30.1 Å². The van der Waals surface area contributed by atoms with Gasteiger partial charge in [0.2, 0.25) is 0 Å². The highest BCUT2D eigenvalue weighted by Crippen LogP contribution is 2.37. The van der Waals surface area contributed by atoms with E-state index in [9.17, 15) is 5.11 Å². The van der Waals surface area contributed by atoms with E-state index in [1.165, 1.54) is 5.56 Å². The fraction of sp³-hybridized carbons (Fsp3) is 0.684. The molecule has 0 saturated carbocycles. The lowest BCUT2D eigenvalue weighted by Crippen LogP contribution is -2.48. The molecule has 3 nitrogen and oxygen atoms in total. The first-order valence-corrected chi connectivity index (χ1v) is 11.7. The van der Waals surface area contributed by atoms with Crippen LogP contribution in [0.5, 0.6) is 0 Å². The van der Waals surface area contributed by atoms with Gasteiger partial charge in [-0.3, -0.25) is 4.90 Å². The summed E-state index contributed by atoms with van der Waals surface area (Å²) in [6, 6.07) is 10.6. The van der Waals surface area contributed by atoms with Crippen LogP contribution in [0.4, 0.5) is 0 Å². The fourth-order valence-corrected chi connectivity index (χ4v) is 3.84. The second-order valence-corrected chi connectivity index (χ2v) is 13.2. The first kappa shape index (κ1) is 18.7. The third-order valence-corrected chi connectivity index (χ3v) is 9.99. The minimum Gasteiger partial charge on any atom is -0.416 e. The average Bonchev–Trinajstić information content (AvgIpc) is 2.48. The smallest absolute Gasteiger partial charge is 0.191 e. The van der Waals surface area contributed by atoms with Crippen molar-refractivity contribution in [3.8, 4) is 0 Å². The van der Waals surface area contributed by atoms with Gasteiger partial charge in [-0.2, -0.15) is 0 Å². The molecule has 130 valence electrons. The quantitative estimate of drug-likeness (QED) is 0.829. The maximum atomic E-state index is 10.4. The molecule has 1 aromatic rings. The third kappa shape index (κ3) is 5.15. The molecule has 1 aromatic carbocycles. The second kappa shape index (κ2) is 7.47. The molecule has 1 heterocycles. The van der Waals surface area contributed by atoms with Crippen molar-refractivity contribution in [1.29, 1.82) is 0 Å². The lowest BCUT2D eigenvalue weighted by atomic mass is 9.95. The summed E-state index contributed by atoms with van der Waals surface area (Å²) in [6.45, 7) is 14.9. The van der Waals surface area contributed by atoms with Gasteiger partial charge >= 0.3 is 0 Å². The standard InChI is InChI=1S/C19H33NO2Si/c1-19(2,3)23(4,5)22-15-17-14-20(12-11-18(17)21)13-16-9-7-6-8-10-16/h6-10,17-18,21H,11-15H2,1-5H3/t17-,18+/m1/s1. The summed E-state index contributed by atoms with van der Waals surface area (Å²) in [5, 5.41) is 10.6. The lowest BCUT2D eigenvalue weighted by molar-refractivity contribution is 0.000453. The van der Waals surface area contributed by atoms with Crippen LogP contribution < -0.4 is 0 Å². The molecule has 0 radical (unpaired) electrons. The number of piperidine rings is 1. The maximum Gasteiger partial charge on any atom is 0.191 e. The molecule has 2 rings (SSSR count). The SMILES string of the molecule is CC(C)(C)[Si](C)(C)OC[C@H]1CN(Cc2ccccc2)CC[C@@H]1O. The Balaban J connectivity index is 1.91. The normalized spacial score (nSPS) is 23.9. The molecule has 1 N–H and O–H groups in total. The Morgan fingerprint density at radius 3 is 2.48 bits per heavy atom. The molecule has 0 aliphatic carbocycles. The van der Waals surface area contributed by atoms with E-state index in [4.69, 9.17) is 4.43 Å². The Kier molecular flexibility index (Phi) is 6.06. The van der Waals surface area contributed by atoms with Crippen molar-refractivity contribution >= 4 is 8.32 Å². The predicted molar refractivity (Wildman–Crippen MR) is 99.0 cm³/mol. The van der Waals surface area contributed by atoms with Crippen molar-refractivity contribution in [2.24, 2.45) is 5.92 Å². The number of aliphatic hydroxyl groups excluding tert-OH is 1. The summed E-state index contributed by atoms with van der Waals surface area (Å²) in [5.41, 5.74) is 1.34. The number of hydrogen-bond acceptors (Lipinski definition) is 3. The molecule has 1 aliphatic rings. The number of rotatable bonds is 5. The molecular formula is C19H33NO2Si. The van der Waals surface area contributed by atoms with Gasteiger partial charge in [-0.25, -0.2) is 0 Å². The van der Waals surface area contributed by atoms with E-state index in [-0.39, 0.29) is 17.1 Å². The van der Waals surface area contributed by atoms with E-state index in [0.717, 1.165) is 26.1 Å². The molecule has 1 fully saturated rings.